The topological polar surface area (TPSA) is 94.8 Å². The van der Waals surface area contributed by atoms with Gasteiger partial charge in [0.15, 0.2) is 0 Å². The number of rotatable bonds is 9. The van der Waals surface area contributed by atoms with E-state index in [2.05, 4.69) is 39.6 Å². The monoisotopic (exact) mass is 391 g/mol. The number of aromatic nitrogens is 2. The van der Waals surface area contributed by atoms with Crippen LogP contribution in [0.2, 0.25) is 0 Å². The number of benzene rings is 2. The van der Waals surface area contributed by atoms with Gasteiger partial charge >= 0.3 is 5.69 Å². The first-order valence-corrected chi connectivity index (χ1v) is 9.78. The fourth-order valence-electron chi connectivity index (χ4n) is 3.33. The van der Waals surface area contributed by atoms with Crippen molar-refractivity contribution >= 4 is 5.91 Å². The van der Waals surface area contributed by atoms with Crippen LogP contribution < -0.4 is 16.6 Å². The highest BCUT2D eigenvalue weighted by molar-refractivity contribution is 5.78. The maximum absolute atomic E-state index is 12.5. The number of carbonyl (C=O) groups is 1. The lowest BCUT2D eigenvalue weighted by Gasteiger charge is -2.19. The number of hydrogen-bond donors (Lipinski definition) is 3. The molecule has 6 nitrogen and oxygen atoms in total. The Labute approximate surface area is 169 Å². The van der Waals surface area contributed by atoms with Crippen LogP contribution in [0.4, 0.5) is 0 Å². The summed E-state index contributed by atoms with van der Waals surface area (Å²) in [4.78, 5) is 39.9. The standard InChI is InChI=1S/C23H25N3O3/c27-21(15-20-16-22(28)26-23(29)25-20)24-19(13-11-17-7-3-1-4-8-17)14-12-18-9-5-2-6-10-18/h1-10,16,19H,11-15H2,(H,24,27)(H2,25,26,28,29). The van der Waals surface area contributed by atoms with Crippen LogP contribution in [0.1, 0.15) is 29.7 Å². The van der Waals surface area contributed by atoms with E-state index in [1.807, 2.05) is 36.4 Å². The Morgan fingerprint density at radius 1 is 0.828 bits per heavy atom. The van der Waals surface area contributed by atoms with E-state index in [1.54, 1.807) is 0 Å². The number of amides is 1. The fourth-order valence-corrected chi connectivity index (χ4v) is 3.33. The van der Waals surface area contributed by atoms with Gasteiger partial charge in [-0.25, -0.2) is 4.79 Å². The van der Waals surface area contributed by atoms with E-state index < -0.39 is 11.2 Å². The van der Waals surface area contributed by atoms with Crippen LogP contribution in [0.5, 0.6) is 0 Å². The summed E-state index contributed by atoms with van der Waals surface area (Å²) in [5.74, 6) is -0.211. The van der Waals surface area contributed by atoms with Gasteiger partial charge in [0, 0.05) is 17.8 Å². The Hall–Kier alpha value is -3.41. The predicted molar refractivity (Wildman–Crippen MR) is 113 cm³/mol. The molecule has 0 aliphatic heterocycles. The highest BCUT2D eigenvalue weighted by Gasteiger charge is 2.14. The lowest BCUT2D eigenvalue weighted by Crippen LogP contribution is -2.37. The van der Waals surface area contributed by atoms with Crippen LogP contribution in [0.15, 0.2) is 76.3 Å². The van der Waals surface area contributed by atoms with Gasteiger partial charge in [0.1, 0.15) is 0 Å². The van der Waals surface area contributed by atoms with E-state index in [1.165, 1.54) is 17.2 Å². The molecule has 3 rings (SSSR count). The zero-order valence-electron chi connectivity index (χ0n) is 16.2. The lowest BCUT2D eigenvalue weighted by atomic mass is 9.99. The number of aryl methyl sites for hydroxylation is 2. The van der Waals surface area contributed by atoms with Gasteiger partial charge in [0.05, 0.1) is 6.42 Å². The zero-order valence-corrected chi connectivity index (χ0v) is 16.2. The number of H-pyrrole nitrogens is 2. The van der Waals surface area contributed by atoms with Crippen molar-refractivity contribution in [1.29, 1.82) is 0 Å². The van der Waals surface area contributed by atoms with Crippen molar-refractivity contribution in [3.8, 4) is 0 Å². The van der Waals surface area contributed by atoms with Crippen molar-refractivity contribution in [2.75, 3.05) is 0 Å². The van der Waals surface area contributed by atoms with Crippen molar-refractivity contribution in [2.45, 2.75) is 38.1 Å². The average Bonchev–Trinajstić information content (AvgIpc) is 2.71. The first-order chi connectivity index (χ1) is 14.1. The van der Waals surface area contributed by atoms with Crippen molar-refractivity contribution in [3.05, 3.63) is 104 Å². The summed E-state index contributed by atoms with van der Waals surface area (Å²) in [5.41, 5.74) is 1.64. The molecule has 0 saturated carbocycles. The van der Waals surface area contributed by atoms with E-state index in [4.69, 9.17) is 0 Å². The van der Waals surface area contributed by atoms with E-state index in [0.29, 0.717) is 5.69 Å². The molecule has 1 amide bonds. The molecule has 29 heavy (non-hydrogen) atoms. The molecule has 0 radical (unpaired) electrons. The van der Waals surface area contributed by atoms with Gasteiger partial charge in [-0.3, -0.25) is 14.6 Å². The maximum Gasteiger partial charge on any atom is 0.325 e. The largest absolute Gasteiger partial charge is 0.353 e. The molecule has 3 aromatic rings. The van der Waals surface area contributed by atoms with Gasteiger partial charge in [-0.1, -0.05) is 60.7 Å². The number of hydrogen-bond acceptors (Lipinski definition) is 3. The third-order valence-electron chi connectivity index (χ3n) is 4.78. The maximum atomic E-state index is 12.5. The van der Waals surface area contributed by atoms with Gasteiger partial charge in [-0.2, -0.15) is 0 Å². The molecule has 1 heterocycles. The zero-order chi connectivity index (χ0) is 20.5. The van der Waals surface area contributed by atoms with Crippen LogP contribution in [0, 0.1) is 0 Å². The minimum Gasteiger partial charge on any atom is -0.353 e. The van der Waals surface area contributed by atoms with Gasteiger partial charge in [-0.15, -0.1) is 0 Å². The highest BCUT2D eigenvalue weighted by Crippen LogP contribution is 2.11. The molecule has 0 aliphatic rings. The summed E-state index contributed by atoms with van der Waals surface area (Å²) in [7, 11) is 0. The van der Waals surface area contributed by atoms with Crippen LogP contribution in [-0.4, -0.2) is 21.9 Å². The number of carbonyl (C=O) groups excluding carboxylic acids is 1. The van der Waals surface area contributed by atoms with Crippen LogP contribution in [-0.2, 0) is 24.1 Å². The Kier molecular flexibility index (Phi) is 7.16. The molecule has 2 aromatic carbocycles. The van der Waals surface area contributed by atoms with Gasteiger partial charge in [0.2, 0.25) is 5.91 Å². The molecule has 6 heteroatoms. The average molecular weight is 391 g/mol. The molecular formula is C23H25N3O3. The third kappa shape index (κ3) is 6.92. The summed E-state index contributed by atoms with van der Waals surface area (Å²) >= 11 is 0. The minimum absolute atomic E-state index is 0.00312. The molecule has 0 unspecified atom stereocenters. The van der Waals surface area contributed by atoms with Gasteiger partial charge < -0.3 is 10.3 Å². The second kappa shape index (κ2) is 10.2. The first kappa shape index (κ1) is 20.3. The second-order valence-corrected chi connectivity index (χ2v) is 7.10. The summed E-state index contributed by atoms with van der Waals surface area (Å²) < 4.78 is 0. The van der Waals surface area contributed by atoms with E-state index >= 15 is 0 Å². The first-order valence-electron chi connectivity index (χ1n) is 9.78. The molecule has 1 aromatic heterocycles. The van der Waals surface area contributed by atoms with Crippen molar-refractivity contribution < 1.29 is 4.79 Å². The smallest absolute Gasteiger partial charge is 0.325 e. The molecule has 0 bridgehead atoms. The van der Waals surface area contributed by atoms with Crippen molar-refractivity contribution in [3.63, 3.8) is 0 Å². The normalized spacial score (nSPS) is 10.8. The van der Waals surface area contributed by atoms with Crippen LogP contribution in [0.25, 0.3) is 0 Å². The quantitative estimate of drug-likeness (QED) is 0.523. The molecule has 0 atom stereocenters. The second-order valence-electron chi connectivity index (χ2n) is 7.10. The van der Waals surface area contributed by atoms with E-state index in [9.17, 15) is 14.4 Å². The molecule has 0 saturated heterocycles. The summed E-state index contributed by atoms with van der Waals surface area (Å²) in [6, 6.07) is 21.6. The Morgan fingerprint density at radius 2 is 1.38 bits per heavy atom. The van der Waals surface area contributed by atoms with E-state index in [0.717, 1.165) is 25.7 Å². The van der Waals surface area contributed by atoms with Gasteiger partial charge in [-0.05, 0) is 36.8 Å². The molecule has 3 N–H and O–H groups in total. The molecule has 150 valence electrons. The summed E-state index contributed by atoms with van der Waals surface area (Å²) in [6.07, 6.45) is 3.32. The number of nitrogens with one attached hydrogen (secondary N) is 3. The Bertz CT molecular complexity index is 954. The summed E-state index contributed by atoms with van der Waals surface area (Å²) in [6.45, 7) is 0. The van der Waals surface area contributed by atoms with Crippen LogP contribution in [0.3, 0.4) is 0 Å². The Morgan fingerprint density at radius 3 is 1.90 bits per heavy atom. The lowest BCUT2D eigenvalue weighted by molar-refractivity contribution is -0.121. The third-order valence-corrected chi connectivity index (χ3v) is 4.78. The molecular weight excluding hydrogens is 366 g/mol. The van der Waals surface area contributed by atoms with Crippen LogP contribution >= 0.6 is 0 Å². The fraction of sp³-hybridized carbons (Fsp3) is 0.261. The number of aromatic amines is 2. The van der Waals surface area contributed by atoms with Gasteiger partial charge in [0.25, 0.3) is 5.56 Å². The summed E-state index contributed by atoms with van der Waals surface area (Å²) in [5, 5.41) is 3.07. The predicted octanol–water partition coefficient (Wildman–Crippen LogP) is 2.36. The van der Waals surface area contributed by atoms with E-state index in [-0.39, 0.29) is 18.4 Å². The van der Waals surface area contributed by atoms with Crippen molar-refractivity contribution in [1.82, 2.24) is 15.3 Å². The Balaban J connectivity index is 1.63. The van der Waals surface area contributed by atoms with Crippen molar-refractivity contribution in [2.24, 2.45) is 0 Å². The highest BCUT2D eigenvalue weighted by atomic mass is 16.2. The molecule has 0 spiro atoms. The SMILES string of the molecule is O=C(Cc1cc(=O)[nH]c(=O)[nH]1)NC(CCc1ccccc1)CCc1ccccc1. The molecule has 0 fully saturated rings. The molecule has 0 aliphatic carbocycles. The minimum atomic E-state index is -0.606.